The second-order valence-corrected chi connectivity index (χ2v) is 4.14. The van der Waals surface area contributed by atoms with Crippen LogP contribution in [0.2, 0.25) is 0 Å². The van der Waals surface area contributed by atoms with Crippen molar-refractivity contribution < 1.29 is 9.84 Å². The summed E-state index contributed by atoms with van der Waals surface area (Å²) in [6.45, 7) is 2.81. The van der Waals surface area contributed by atoms with E-state index in [2.05, 4.69) is 6.92 Å². The molecule has 2 heteroatoms. The Balaban J connectivity index is 2.33. The summed E-state index contributed by atoms with van der Waals surface area (Å²) in [5, 5.41) is 9.84. The lowest BCUT2D eigenvalue weighted by Gasteiger charge is -2.15. The molecule has 0 aromatic heterocycles. The molecule has 1 aromatic rings. The van der Waals surface area contributed by atoms with Crippen LogP contribution in [-0.4, -0.2) is 24.9 Å². The molecule has 0 aliphatic carbocycles. The van der Waals surface area contributed by atoms with Crippen molar-refractivity contribution in [2.24, 2.45) is 5.92 Å². The Morgan fingerprint density at radius 1 is 1.27 bits per heavy atom. The highest BCUT2D eigenvalue weighted by Crippen LogP contribution is 2.11. The predicted molar refractivity (Wildman–Crippen MR) is 61.8 cm³/mol. The van der Waals surface area contributed by atoms with E-state index in [1.54, 1.807) is 7.11 Å². The van der Waals surface area contributed by atoms with Gasteiger partial charge in [0.25, 0.3) is 0 Å². The average Bonchev–Trinajstić information content (AvgIpc) is 2.19. The van der Waals surface area contributed by atoms with Crippen LogP contribution in [0.5, 0.6) is 0 Å². The normalized spacial score (nSPS) is 14.9. The Morgan fingerprint density at radius 3 is 2.53 bits per heavy atom. The van der Waals surface area contributed by atoms with Crippen molar-refractivity contribution in [3.63, 3.8) is 0 Å². The zero-order valence-corrected chi connectivity index (χ0v) is 9.52. The van der Waals surface area contributed by atoms with Gasteiger partial charge >= 0.3 is 0 Å². The number of aliphatic hydroxyl groups excluding tert-OH is 1. The fourth-order valence-corrected chi connectivity index (χ4v) is 1.79. The van der Waals surface area contributed by atoms with Crippen LogP contribution in [0, 0.1) is 5.92 Å². The van der Waals surface area contributed by atoms with Gasteiger partial charge in [0.1, 0.15) is 0 Å². The number of benzene rings is 1. The third-order valence-corrected chi connectivity index (χ3v) is 2.44. The highest BCUT2D eigenvalue weighted by Gasteiger charge is 2.10. The van der Waals surface area contributed by atoms with Crippen LogP contribution < -0.4 is 0 Å². The van der Waals surface area contributed by atoms with Gasteiger partial charge in [-0.05, 0) is 24.3 Å². The Labute approximate surface area is 91.9 Å². The van der Waals surface area contributed by atoms with Gasteiger partial charge in [0, 0.05) is 13.7 Å². The van der Waals surface area contributed by atoms with Crippen LogP contribution in [-0.2, 0) is 11.2 Å². The minimum Gasteiger partial charge on any atom is -0.393 e. The van der Waals surface area contributed by atoms with Crippen molar-refractivity contribution in [2.75, 3.05) is 13.7 Å². The molecule has 0 saturated carbocycles. The second-order valence-electron chi connectivity index (χ2n) is 4.14. The molecule has 2 atom stereocenters. The molecule has 2 nitrogen and oxygen atoms in total. The summed E-state index contributed by atoms with van der Waals surface area (Å²) in [5.41, 5.74) is 1.19. The van der Waals surface area contributed by atoms with Gasteiger partial charge in [0.15, 0.2) is 0 Å². The monoisotopic (exact) mass is 208 g/mol. The molecular weight excluding hydrogens is 188 g/mol. The van der Waals surface area contributed by atoms with Crippen LogP contribution in [0.25, 0.3) is 0 Å². The van der Waals surface area contributed by atoms with E-state index in [9.17, 15) is 5.11 Å². The summed E-state index contributed by atoms with van der Waals surface area (Å²) in [6, 6.07) is 10.1. The van der Waals surface area contributed by atoms with Crippen LogP contribution in [0.4, 0.5) is 0 Å². The molecule has 0 amide bonds. The van der Waals surface area contributed by atoms with E-state index in [1.807, 2.05) is 30.3 Å². The molecule has 0 saturated heterocycles. The van der Waals surface area contributed by atoms with Crippen LogP contribution in [0.15, 0.2) is 30.3 Å². The van der Waals surface area contributed by atoms with Gasteiger partial charge in [-0.25, -0.2) is 0 Å². The summed E-state index contributed by atoms with van der Waals surface area (Å²) >= 11 is 0. The lowest BCUT2D eigenvalue weighted by Crippen LogP contribution is -2.17. The Morgan fingerprint density at radius 2 is 1.93 bits per heavy atom. The van der Waals surface area contributed by atoms with Crippen LogP contribution in [0.1, 0.15) is 18.9 Å². The van der Waals surface area contributed by atoms with Crippen molar-refractivity contribution >= 4 is 0 Å². The Bertz CT molecular complexity index is 258. The second kappa shape index (κ2) is 6.59. The first-order valence-corrected chi connectivity index (χ1v) is 5.43. The van der Waals surface area contributed by atoms with Gasteiger partial charge in [-0.1, -0.05) is 37.3 Å². The number of ether oxygens (including phenoxy) is 1. The summed E-state index contributed by atoms with van der Waals surface area (Å²) < 4.78 is 5.04. The zero-order valence-electron chi connectivity index (χ0n) is 9.52. The zero-order chi connectivity index (χ0) is 11.1. The first-order chi connectivity index (χ1) is 7.22. The van der Waals surface area contributed by atoms with E-state index in [0.29, 0.717) is 12.5 Å². The standard InChI is InChI=1S/C13H20O2/c1-11(10-15-2)8-13(14)9-12-6-4-3-5-7-12/h3-7,11,13-14H,8-10H2,1-2H3. The molecule has 0 aliphatic heterocycles. The first kappa shape index (κ1) is 12.2. The maximum atomic E-state index is 9.84. The third-order valence-electron chi connectivity index (χ3n) is 2.44. The van der Waals surface area contributed by atoms with E-state index >= 15 is 0 Å². The number of hydrogen-bond donors (Lipinski definition) is 1. The molecule has 0 bridgehead atoms. The number of hydrogen-bond acceptors (Lipinski definition) is 2. The summed E-state index contributed by atoms with van der Waals surface area (Å²) in [7, 11) is 1.69. The lowest BCUT2D eigenvalue weighted by molar-refractivity contribution is 0.102. The largest absolute Gasteiger partial charge is 0.393 e. The highest BCUT2D eigenvalue weighted by atomic mass is 16.5. The summed E-state index contributed by atoms with van der Waals surface area (Å²) in [4.78, 5) is 0. The fraction of sp³-hybridized carbons (Fsp3) is 0.538. The molecule has 84 valence electrons. The molecule has 1 aromatic carbocycles. The van der Waals surface area contributed by atoms with E-state index in [0.717, 1.165) is 12.8 Å². The molecule has 2 unspecified atom stereocenters. The molecule has 15 heavy (non-hydrogen) atoms. The molecular formula is C13H20O2. The van der Waals surface area contributed by atoms with E-state index < -0.39 is 0 Å². The van der Waals surface area contributed by atoms with Crippen LogP contribution >= 0.6 is 0 Å². The van der Waals surface area contributed by atoms with E-state index in [-0.39, 0.29) is 6.10 Å². The molecule has 1 N–H and O–H groups in total. The maximum Gasteiger partial charge on any atom is 0.0584 e. The SMILES string of the molecule is COCC(C)CC(O)Cc1ccccc1. The van der Waals surface area contributed by atoms with Gasteiger partial charge in [-0.15, -0.1) is 0 Å². The fourth-order valence-electron chi connectivity index (χ4n) is 1.79. The summed E-state index contributed by atoms with van der Waals surface area (Å²) in [5.74, 6) is 0.411. The van der Waals surface area contributed by atoms with E-state index in [1.165, 1.54) is 5.56 Å². The number of methoxy groups -OCH3 is 1. The Hall–Kier alpha value is -0.860. The van der Waals surface area contributed by atoms with Crippen molar-refractivity contribution in [3.05, 3.63) is 35.9 Å². The van der Waals surface area contributed by atoms with Gasteiger partial charge < -0.3 is 9.84 Å². The minimum atomic E-state index is -0.266. The molecule has 0 fully saturated rings. The van der Waals surface area contributed by atoms with Crippen molar-refractivity contribution in [2.45, 2.75) is 25.9 Å². The quantitative estimate of drug-likeness (QED) is 0.777. The van der Waals surface area contributed by atoms with Crippen molar-refractivity contribution in [1.82, 2.24) is 0 Å². The molecule has 0 aliphatic rings. The van der Waals surface area contributed by atoms with Gasteiger partial charge in [-0.3, -0.25) is 0 Å². The first-order valence-electron chi connectivity index (χ1n) is 5.43. The lowest BCUT2D eigenvalue weighted by atomic mass is 9.99. The minimum absolute atomic E-state index is 0.266. The Kier molecular flexibility index (Phi) is 5.37. The topological polar surface area (TPSA) is 29.5 Å². The molecule has 0 heterocycles. The smallest absolute Gasteiger partial charge is 0.0584 e. The third kappa shape index (κ3) is 4.96. The van der Waals surface area contributed by atoms with Crippen molar-refractivity contribution in [1.29, 1.82) is 0 Å². The maximum absolute atomic E-state index is 9.84. The van der Waals surface area contributed by atoms with Gasteiger partial charge in [0.2, 0.25) is 0 Å². The number of rotatable bonds is 6. The van der Waals surface area contributed by atoms with E-state index in [4.69, 9.17) is 4.74 Å². The van der Waals surface area contributed by atoms with Crippen molar-refractivity contribution in [3.8, 4) is 0 Å². The molecule has 0 radical (unpaired) electrons. The highest BCUT2D eigenvalue weighted by molar-refractivity contribution is 5.15. The predicted octanol–water partition coefficient (Wildman–Crippen LogP) is 2.26. The summed E-state index contributed by atoms with van der Waals surface area (Å²) in [6.07, 6.45) is 1.26. The average molecular weight is 208 g/mol. The molecule has 0 spiro atoms. The van der Waals surface area contributed by atoms with Gasteiger partial charge in [0.05, 0.1) is 6.10 Å². The number of aliphatic hydroxyl groups is 1. The van der Waals surface area contributed by atoms with Gasteiger partial charge in [-0.2, -0.15) is 0 Å². The van der Waals surface area contributed by atoms with Crippen LogP contribution in [0.3, 0.4) is 0 Å². The molecule has 1 rings (SSSR count).